The van der Waals surface area contributed by atoms with Gasteiger partial charge in [0.05, 0.1) is 13.3 Å². The van der Waals surface area contributed by atoms with Crippen LogP contribution >= 0.6 is 0 Å². The van der Waals surface area contributed by atoms with E-state index in [0.717, 1.165) is 31.0 Å². The van der Waals surface area contributed by atoms with Crippen molar-refractivity contribution in [3.63, 3.8) is 0 Å². The number of nitrogens with zero attached hydrogens (tertiary/aromatic N) is 3. The van der Waals surface area contributed by atoms with Crippen LogP contribution in [-0.2, 0) is 5.60 Å². The van der Waals surface area contributed by atoms with Crippen LogP contribution in [0.25, 0.3) is 0 Å². The number of aromatic amines is 1. The van der Waals surface area contributed by atoms with Gasteiger partial charge in [-0.15, -0.1) is 0 Å². The number of H-pyrrole nitrogens is 1. The Morgan fingerprint density at radius 1 is 1.35 bits per heavy atom. The Hall–Kier alpha value is -2.12. The number of nitrogens with one attached hydrogen (secondary N) is 1. The third-order valence-corrected chi connectivity index (χ3v) is 4.18. The van der Waals surface area contributed by atoms with E-state index in [1.165, 1.54) is 0 Å². The highest BCUT2D eigenvalue weighted by atomic mass is 16.5. The lowest BCUT2D eigenvalue weighted by atomic mass is 9.90. The van der Waals surface area contributed by atoms with Crippen molar-refractivity contribution < 1.29 is 14.6 Å². The van der Waals surface area contributed by atoms with Gasteiger partial charge >= 0.3 is 0 Å². The molecule has 1 saturated heterocycles. The summed E-state index contributed by atoms with van der Waals surface area (Å²) >= 11 is 0. The van der Waals surface area contributed by atoms with Gasteiger partial charge in [-0.2, -0.15) is 15.4 Å². The lowest BCUT2D eigenvalue weighted by molar-refractivity contribution is -0.0413. The molecule has 124 valence electrons. The summed E-state index contributed by atoms with van der Waals surface area (Å²) in [5.41, 5.74) is -0.330. The SMILES string of the molecule is COc1ccccc1OCCN1CCC[C@](O)(c2cn[nH]n2)C1. The summed E-state index contributed by atoms with van der Waals surface area (Å²) in [6.45, 7) is 2.75. The normalized spacial score (nSPS) is 22.0. The molecule has 1 aromatic carbocycles. The zero-order valence-corrected chi connectivity index (χ0v) is 13.2. The number of β-amino-alcohol motifs (C(OH)–C–C–N with tert-alkyl or cyclic N) is 1. The molecule has 0 aliphatic carbocycles. The molecule has 0 spiro atoms. The third kappa shape index (κ3) is 3.62. The van der Waals surface area contributed by atoms with Crippen LogP contribution in [0.5, 0.6) is 11.5 Å². The standard InChI is InChI=1S/C16H22N4O3/c1-22-13-5-2-3-6-14(13)23-10-9-20-8-4-7-16(21,12-20)15-11-17-19-18-15/h2-3,5-6,11,21H,4,7-10,12H2,1H3,(H,17,18,19)/t16-/m1/s1. The molecule has 2 aromatic rings. The minimum absolute atomic E-state index is 0.537. The number of ether oxygens (including phenoxy) is 2. The summed E-state index contributed by atoms with van der Waals surface area (Å²) in [6.07, 6.45) is 3.20. The van der Waals surface area contributed by atoms with Gasteiger partial charge in [0.1, 0.15) is 17.9 Å². The van der Waals surface area contributed by atoms with E-state index in [4.69, 9.17) is 9.47 Å². The highest BCUT2D eigenvalue weighted by molar-refractivity contribution is 5.39. The topological polar surface area (TPSA) is 83.5 Å². The average molecular weight is 318 g/mol. The smallest absolute Gasteiger partial charge is 0.161 e. The van der Waals surface area contributed by atoms with Crippen LogP contribution < -0.4 is 9.47 Å². The summed E-state index contributed by atoms with van der Waals surface area (Å²) in [7, 11) is 1.63. The summed E-state index contributed by atoms with van der Waals surface area (Å²) in [4.78, 5) is 2.19. The van der Waals surface area contributed by atoms with E-state index in [2.05, 4.69) is 20.3 Å². The van der Waals surface area contributed by atoms with E-state index in [0.29, 0.717) is 25.3 Å². The Balaban J connectivity index is 1.54. The van der Waals surface area contributed by atoms with Gasteiger partial charge in [-0.1, -0.05) is 12.1 Å². The predicted octanol–water partition coefficient (Wildman–Crippen LogP) is 1.18. The summed E-state index contributed by atoms with van der Waals surface area (Å²) in [5.74, 6) is 1.46. The number of methoxy groups -OCH3 is 1. The highest BCUT2D eigenvalue weighted by Gasteiger charge is 2.36. The van der Waals surface area contributed by atoms with Gasteiger partial charge in [0, 0.05) is 13.1 Å². The molecule has 3 rings (SSSR count). The molecule has 0 amide bonds. The maximum absolute atomic E-state index is 10.8. The van der Waals surface area contributed by atoms with E-state index >= 15 is 0 Å². The molecule has 1 aromatic heterocycles. The monoisotopic (exact) mass is 318 g/mol. The van der Waals surface area contributed by atoms with Crippen LogP contribution in [0, 0.1) is 0 Å². The first-order valence-corrected chi connectivity index (χ1v) is 7.78. The van der Waals surface area contributed by atoms with E-state index in [1.807, 2.05) is 24.3 Å². The second kappa shape index (κ2) is 6.97. The lowest BCUT2D eigenvalue weighted by Gasteiger charge is -2.37. The summed E-state index contributed by atoms with van der Waals surface area (Å²) < 4.78 is 11.1. The number of para-hydroxylation sites is 2. The van der Waals surface area contributed by atoms with Gasteiger partial charge in [0.15, 0.2) is 11.5 Å². The van der Waals surface area contributed by atoms with Crippen molar-refractivity contribution in [2.45, 2.75) is 18.4 Å². The van der Waals surface area contributed by atoms with Crippen LogP contribution in [0.3, 0.4) is 0 Å². The minimum Gasteiger partial charge on any atom is -0.493 e. The molecule has 2 heterocycles. The first kappa shape index (κ1) is 15.8. The van der Waals surface area contributed by atoms with Gasteiger partial charge in [-0.05, 0) is 31.5 Å². The third-order valence-electron chi connectivity index (χ3n) is 4.18. The van der Waals surface area contributed by atoms with Crippen molar-refractivity contribution in [2.75, 3.05) is 33.4 Å². The van der Waals surface area contributed by atoms with Gasteiger partial charge in [-0.3, -0.25) is 4.90 Å². The Morgan fingerprint density at radius 3 is 2.91 bits per heavy atom. The Morgan fingerprint density at radius 2 is 2.17 bits per heavy atom. The summed E-state index contributed by atoms with van der Waals surface area (Å²) in [6, 6.07) is 7.59. The highest BCUT2D eigenvalue weighted by Crippen LogP contribution is 2.30. The van der Waals surface area contributed by atoms with Gasteiger partial charge < -0.3 is 14.6 Å². The molecule has 23 heavy (non-hydrogen) atoms. The molecule has 0 unspecified atom stereocenters. The number of likely N-dealkylation sites (tertiary alicyclic amines) is 1. The molecule has 2 N–H and O–H groups in total. The number of hydrogen-bond acceptors (Lipinski definition) is 6. The van der Waals surface area contributed by atoms with Crippen LogP contribution in [0.15, 0.2) is 30.5 Å². The second-order valence-corrected chi connectivity index (χ2v) is 5.77. The van der Waals surface area contributed by atoms with Crippen molar-refractivity contribution in [1.29, 1.82) is 0 Å². The van der Waals surface area contributed by atoms with Crippen molar-refractivity contribution >= 4 is 0 Å². The molecule has 1 fully saturated rings. The molecule has 1 aliphatic heterocycles. The molecule has 0 bridgehead atoms. The lowest BCUT2D eigenvalue weighted by Crippen LogP contribution is -2.47. The van der Waals surface area contributed by atoms with E-state index in [1.54, 1.807) is 13.3 Å². The van der Waals surface area contributed by atoms with Crippen molar-refractivity contribution in [3.8, 4) is 11.5 Å². The number of hydrogen-bond donors (Lipinski definition) is 2. The van der Waals surface area contributed by atoms with Crippen molar-refractivity contribution in [3.05, 3.63) is 36.2 Å². The first-order valence-electron chi connectivity index (χ1n) is 7.78. The Labute approximate surface area is 135 Å². The fraction of sp³-hybridized carbons (Fsp3) is 0.500. The molecule has 7 heteroatoms. The molecule has 7 nitrogen and oxygen atoms in total. The Bertz CT molecular complexity index is 620. The van der Waals surface area contributed by atoms with Crippen LogP contribution in [0.2, 0.25) is 0 Å². The average Bonchev–Trinajstić information content (AvgIpc) is 3.11. The number of aliphatic hydroxyl groups is 1. The summed E-state index contributed by atoms with van der Waals surface area (Å²) in [5, 5.41) is 21.2. The molecular weight excluding hydrogens is 296 g/mol. The fourth-order valence-corrected chi connectivity index (χ4v) is 2.97. The molecule has 1 atom stereocenters. The van der Waals surface area contributed by atoms with Gasteiger partial charge in [0.25, 0.3) is 0 Å². The molecule has 0 saturated carbocycles. The minimum atomic E-state index is -0.935. The van der Waals surface area contributed by atoms with Crippen molar-refractivity contribution in [2.24, 2.45) is 0 Å². The predicted molar refractivity (Wildman–Crippen MR) is 84.4 cm³/mol. The first-order chi connectivity index (χ1) is 11.2. The largest absolute Gasteiger partial charge is 0.493 e. The van der Waals surface area contributed by atoms with Crippen molar-refractivity contribution in [1.82, 2.24) is 20.3 Å². The zero-order valence-electron chi connectivity index (χ0n) is 13.2. The number of rotatable bonds is 6. The quantitative estimate of drug-likeness (QED) is 0.832. The van der Waals surface area contributed by atoms with Gasteiger partial charge in [0.2, 0.25) is 0 Å². The number of aromatic nitrogens is 3. The van der Waals surface area contributed by atoms with Crippen LogP contribution in [-0.4, -0.2) is 58.8 Å². The number of benzene rings is 1. The van der Waals surface area contributed by atoms with E-state index in [-0.39, 0.29) is 0 Å². The second-order valence-electron chi connectivity index (χ2n) is 5.77. The van der Waals surface area contributed by atoms with E-state index in [9.17, 15) is 5.11 Å². The Kier molecular flexibility index (Phi) is 4.78. The van der Waals surface area contributed by atoms with E-state index < -0.39 is 5.60 Å². The molecule has 0 radical (unpaired) electrons. The van der Waals surface area contributed by atoms with Crippen LogP contribution in [0.4, 0.5) is 0 Å². The number of piperidine rings is 1. The van der Waals surface area contributed by atoms with Gasteiger partial charge in [-0.25, -0.2) is 0 Å². The zero-order chi connectivity index (χ0) is 16.1. The fourth-order valence-electron chi connectivity index (χ4n) is 2.97. The maximum atomic E-state index is 10.8. The maximum Gasteiger partial charge on any atom is 0.161 e. The molecule has 1 aliphatic rings. The molecular formula is C16H22N4O3. The van der Waals surface area contributed by atoms with Crippen LogP contribution in [0.1, 0.15) is 18.5 Å².